The minimum atomic E-state index is -0.0148. The van der Waals surface area contributed by atoms with Crippen molar-refractivity contribution >= 4 is 5.91 Å². The summed E-state index contributed by atoms with van der Waals surface area (Å²) in [5.41, 5.74) is 2.48. The van der Waals surface area contributed by atoms with E-state index in [-0.39, 0.29) is 11.8 Å². The average molecular weight is 274 g/mol. The number of carbonyl (C=O) groups is 1. The van der Waals surface area contributed by atoms with Crippen LogP contribution in [0.1, 0.15) is 37.8 Å². The van der Waals surface area contributed by atoms with Crippen LogP contribution in [0.4, 0.5) is 0 Å². The second-order valence-corrected chi connectivity index (χ2v) is 5.89. The molecular formula is C17H26N2O. The van der Waals surface area contributed by atoms with E-state index in [4.69, 9.17) is 0 Å². The average Bonchev–Trinajstić information content (AvgIpc) is 2.48. The maximum absolute atomic E-state index is 12.8. The van der Waals surface area contributed by atoms with Gasteiger partial charge in [0.15, 0.2) is 0 Å². The highest BCUT2D eigenvalue weighted by atomic mass is 16.2. The van der Waals surface area contributed by atoms with Crippen LogP contribution in [0.3, 0.4) is 0 Å². The van der Waals surface area contributed by atoms with E-state index in [0.29, 0.717) is 5.92 Å². The summed E-state index contributed by atoms with van der Waals surface area (Å²) in [5, 5.41) is 3.30. The second kappa shape index (κ2) is 6.89. The minimum absolute atomic E-state index is 0.0148. The maximum atomic E-state index is 12.8. The van der Waals surface area contributed by atoms with Crippen molar-refractivity contribution in [2.75, 3.05) is 26.2 Å². The van der Waals surface area contributed by atoms with Crippen LogP contribution in [0.2, 0.25) is 0 Å². The highest BCUT2D eigenvalue weighted by Crippen LogP contribution is 2.27. The third kappa shape index (κ3) is 3.40. The Balaban J connectivity index is 2.18. The summed E-state index contributed by atoms with van der Waals surface area (Å²) >= 11 is 0. The van der Waals surface area contributed by atoms with E-state index < -0.39 is 0 Å². The fourth-order valence-corrected chi connectivity index (χ4v) is 2.86. The van der Waals surface area contributed by atoms with Gasteiger partial charge >= 0.3 is 0 Å². The van der Waals surface area contributed by atoms with Gasteiger partial charge in [0.1, 0.15) is 0 Å². The molecule has 2 rings (SSSR count). The monoisotopic (exact) mass is 274 g/mol. The smallest absolute Gasteiger partial charge is 0.230 e. The normalized spacial score (nSPS) is 17.3. The Bertz CT molecular complexity index is 433. The van der Waals surface area contributed by atoms with Gasteiger partial charge in [-0.05, 0) is 23.5 Å². The lowest BCUT2D eigenvalue weighted by molar-refractivity contribution is -0.134. The minimum Gasteiger partial charge on any atom is -0.340 e. The zero-order chi connectivity index (χ0) is 14.5. The molecule has 1 saturated heterocycles. The van der Waals surface area contributed by atoms with Gasteiger partial charge < -0.3 is 10.2 Å². The predicted molar refractivity (Wildman–Crippen MR) is 82.8 cm³/mol. The van der Waals surface area contributed by atoms with Crippen molar-refractivity contribution in [3.8, 4) is 0 Å². The highest BCUT2D eigenvalue weighted by molar-refractivity contribution is 5.84. The summed E-state index contributed by atoms with van der Waals surface area (Å²) in [6.45, 7) is 9.90. The van der Waals surface area contributed by atoms with Gasteiger partial charge in [0.05, 0.1) is 5.92 Å². The Kier molecular flexibility index (Phi) is 5.18. The van der Waals surface area contributed by atoms with E-state index in [9.17, 15) is 4.79 Å². The molecule has 3 heteroatoms. The van der Waals surface area contributed by atoms with Crippen LogP contribution in [-0.4, -0.2) is 37.0 Å². The van der Waals surface area contributed by atoms with E-state index >= 15 is 0 Å². The largest absolute Gasteiger partial charge is 0.340 e. The summed E-state index contributed by atoms with van der Waals surface area (Å²) in [6, 6.07) is 8.55. The first-order valence-electron chi connectivity index (χ1n) is 7.71. The van der Waals surface area contributed by atoms with Crippen LogP contribution < -0.4 is 5.32 Å². The molecule has 1 aromatic rings. The number of hydrogen-bond acceptors (Lipinski definition) is 2. The topological polar surface area (TPSA) is 32.3 Å². The summed E-state index contributed by atoms with van der Waals surface area (Å²) in [5.74, 6) is 0.592. The summed E-state index contributed by atoms with van der Waals surface area (Å²) in [7, 11) is 0. The number of hydrogen-bond donors (Lipinski definition) is 1. The molecule has 1 fully saturated rings. The molecule has 0 bridgehead atoms. The molecule has 1 aromatic carbocycles. The van der Waals surface area contributed by atoms with Crippen molar-refractivity contribution in [3.05, 3.63) is 35.4 Å². The maximum Gasteiger partial charge on any atom is 0.230 e. The van der Waals surface area contributed by atoms with Gasteiger partial charge in [0, 0.05) is 26.2 Å². The van der Waals surface area contributed by atoms with Crippen molar-refractivity contribution in [2.24, 2.45) is 5.92 Å². The zero-order valence-corrected chi connectivity index (χ0v) is 12.9. The van der Waals surface area contributed by atoms with E-state index in [2.05, 4.69) is 50.4 Å². The molecule has 1 heterocycles. The Hall–Kier alpha value is -1.35. The molecule has 3 nitrogen and oxygen atoms in total. The van der Waals surface area contributed by atoms with Gasteiger partial charge in [-0.1, -0.05) is 45.0 Å². The molecule has 0 aliphatic carbocycles. The standard InChI is InChI=1S/C17H26N2O/c1-4-14-5-7-15(8-6-14)16(13(2)3)17(20)19-11-9-18-10-12-19/h5-8,13,16,18H,4,9-12H2,1-3H3. The van der Waals surface area contributed by atoms with Gasteiger partial charge in [0.25, 0.3) is 0 Å². The molecule has 110 valence electrons. The Morgan fingerprint density at radius 3 is 2.30 bits per heavy atom. The number of carbonyl (C=O) groups excluding carboxylic acids is 1. The van der Waals surface area contributed by atoms with Crippen LogP contribution in [0.5, 0.6) is 0 Å². The summed E-state index contributed by atoms with van der Waals surface area (Å²) in [4.78, 5) is 14.8. The third-order valence-electron chi connectivity index (χ3n) is 4.11. The lowest BCUT2D eigenvalue weighted by Crippen LogP contribution is -2.48. The number of rotatable bonds is 4. The predicted octanol–water partition coefficient (Wildman–Crippen LogP) is 2.42. The highest BCUT2D eigenvalue weighted by Gasteiger charge is 2.29. The van der Waals surface area contributed by atoms with Crippen LogP contribution in [0, 0.1) is 5.92 Å². The second-order valence-electron chi connectivity index (χ2n) is 5.89. The third-order valence-corrected chi connectivity index (χ3v) is 4.11. The number of nitrogens with one attached hydrogen (secondary N) is 1. The lowest BCUT2D eigenvalue weighted by Gasteiger charge is -2.32. The Morgan fingerprint density at radius 1 is 1.20 bits per heavy atom. The van der Waals surface area contributed by atoms with Crippen molar-refractivity contribution in [3.63, 3.8) is 0 Å². The van der Waals surface area contributed by atoms with Gasteiger partial charge in [-0.25, -0.2) is 0 Å². The number of piperazine rings is 1. The fourth-order valence-electron chi connectivity index (χ4n) is 2.86. The van der Waals surface area contributed by atoms with Crippen LogP contribution >= 0.6 is 0 Å². The van der Waals surface area contributed by atoms with Crippen molar-refractivity contribution in [1.29, 1.82) is 0 Å². The molecule has 1 aliphatic heterocycles. The van der Waals surface area contributed by atoms with E-state index in [1.54, 1.807) is 0 Å². The molecule has 0 spiro atoms. The molecule has 20 heavy (non-hydrogen) atoms. The molecule has 0 saturated carbocycles. The number of benzene rings is 1. The first-order valence-corrected chi connectivity index (χ1v) is 7.71. The van der Waals surface area contributed by atoms with E-state index in [0.717, 1.165) is 38.2 Å². The Morgan fingerprint density at radius 2 is 1.80 bits per heavy atom. The van der Waals surface area contributed by atoms with Gasteiger partial charge in [-0.3, -0.25) is 4.79 Å². The van der Waals surface area contributed by atoms with Crippen LogP contribution in [-0.2, 0) is 11.2 Å². The van der Waals surface area contributed by atoms with Crippen molar-refractivity contribution in [1.82, 2.24) is 10.2 Å². The van der Waals surface area contributed by atoms with Gasteiger partial charge in [-0.2, -0.15) is 0 Å². The van der Waals surface area contributed by atoms with E-state index in [1.807, 2.05) is 4.90 Å². The SMILES string of the molecule is CCc1ccc(C(C(=O)N2CCNCC2)C(C)C)cc1. The van der Waals surface area contributed by atoms with Crippen molar-refractivity contribution < 1.29 is 4.79 Å². The zero-order valence-electron chi connectivity index (χ0n) is 12.9. The van der Waals surface area contributed by atoms with Gasteiger partial charge in [-0.15, -0.1) is 0 Å². The fraction of sp³-hybridized carbons (Fsp3) is 0.588. The quantitative estimate of drug-likeness (QED) is 0.914. The molecule has 1 aliphatic rings. The first-order chi connectivity index (χ1) is 9.63. The number of nitrogens with zero attached hydrogens (tertiary/aromatic N) is 1. The summed E-state index contributed by atoms with van der Waals surface area (Å²) < 4.78 is 0. The molecule has 1 atom stereocenters. The number of aryl methyl sites for hydroxylation is 1. The van der Waals surface area contributed by atoms with Crippen molar-refractivity contribution in [2.45, 2.75) is 33.1 Å². The van der Waals surface area contributed by atoms with Gasteiger partial charge in [0.2, 0.25) is 5.91 Å². The summed E-state index contributed by atoms with van der Waals surface area (Å²) in [6.07, 6.45) is 1.04. The molecule has 1 N–H and O–H groups in total. The lowest BCUT2D eigenvalue weighted by atomic mass is 9.86. The van der Waals surface area contributed by atoms with Crippen LogP contribution in [0.25, 0.3) is 0 Å². The molecule has 1 amide bonds. The number of amides is 1. The first kappa shape index (κ1) is 15.0. The van der Waals surface area contributed by atoms with Crippen LogP contribution in [0.15, 0.2) is 24.3 Å². The Labute approximate surface area is 122 Å². The molecule has 1 unspecified atom stereocenters. The molecule has 0 radical (unpaired) electrons. The van der Waals surface area contributed by atoms with E-state index in [1.165, 1.54) is 5.56 Å². The molecule has 0 aromatic heterocycles. The molecular weight excluding hydrogens is 248 g/mol.